The quantitative estimate of drug-likeness (QED) is 0.500. The molecule has 0 saturated carbocycles. The summed E-state index contributed by atoms with van der Waals surface area (Å²) in [7, 11) is 1.43. The number of anilines is 1. The van der Waals surface area contributed by atoms with Gasteiger partial charge >= 0.3 is 5.69 Å². The zero-order valence-corrected chi connectivity index (χ0v) is 19.1. The molecule has 1 aromatic carbocycles. The van der Waals surface area contributed by atoms with Crippen LogP contribution in [0.25, 0.3) is 0 Å². The van der Waals surface area contributed by atoms with Gasteiger partial charge in [0.2, 0.25) is 0 Å². The van der Waals surface area contributed by atoms with Gasteiger partial charge in [0, 0.05) is 32.2 Å². The molecule has 1 atom stereocenters. The largest absolute Gasteiger partial charge is 0.783 e. The third-order valence-corrected chi connectivity index (χ3v) is 5.60. The predicted octanol–water partition coefficient (Wildman–Crippen LogP) is 2.01. The van der Waals surface area contributed by atoms with Crippen LogP contribution in [0.3, 0.4) is 0 Å². The topological polar surface area (TPSA) is 107 Å². The molecule has 2 heterocycles. The van der Waals surface area contributed by atoms with Gasteiger partial charge in [-0.15, -0.1) is 0 Å². The molecule has 2 aromatic rings. The minimum atomic E-state index is -0.461. The first-order valence-electron chi connectivity index (χ1n) is 10.7. The summed E-state index contributed by atoms with van der Waals surface area (Å²) in [6.45, 7) is 6.80. The molecule has 0 amide bonds. The molecule has 0 bridgehead atoms. The highest BCUT2D eigenvalue weighted by atomic mass is 16.6. The van der Waals surface area contributed by atoms with Crippen molar-refractivity contribution in [3.05, 3.63) is 67.5 Å². The first kappa shape index (κ1) is 23.7. The molecule has 3 rings (SSSR count). The third kappa shape index (κ3) is 5.46. The monoisotopic (exact) mass is 440 g/mol. The lowest BCUT2D eigenvalue weighted by atomic mass is 10.1. The Kier molecular flexibility index (Phi) is 7.19. The molecular weight excluding hydrogens is 410 g/mol. The Labute approximate surface area is 187 Å². The highest BCUT2D eigenvalue weighted by molar-refractivity contribution is 5.43. The number of nitriles is 1. The third-order valence-electron chi connectivity index (χ3n) is 5.60. The van der Waals surface area contributed by atoms with Gasteiger partial charge in [-0.2, -0.15) is 5.26 Å². The highest BCUT2D eigenvalue weighted by Gasteiger charge is 2.25. The van der Waals surface area contributed by atoms with E-state index in [1.54, 1.807) is 18.2 Å². The van der Waals surface area contributed by atoms with Crippen LogP contribution in [0.15, 0.2) is 39.9 Å². The summed E-state index contributed by atoms with van der Waals surface area (Å²) in [4.78, 5) is 27.4. The summed E-state index contributed by atoms with van der Waals surface area (Å²) >= 11 is 0. The number of aromatic nitrogens is 2. The first-order valence-corrected chi connectivity index (χ1v) is 10.7. The molecule has 1 fully saturated rings. The lowest BCUT2D eigenvalue weighted by molar-refractivity contribution is -0.0609. The summed E-state index contributed by atoms with van der Waals surface area (Å²) in [6, 6.07) is 10.3. The van der Waals surface area contributed by atoms with Gasteiger partial charge < -0.3 is 19.9 Å². The normalized spacial score (nSPS) is 16.9. The average Bonchev–Trinajstić information content (AvgIpc) is 2.77. The molecule has 9 nitrogen and oxygen atoms in total. The van der Waals surface area contributed by atoms with Crippen molar-refractivity contribution in [3.63, 3.8) is 0 Å². The number of hydrogen-bond acceptors (Lipinski definition) is 7. The summed E-state index contributed by atoms with van der Waals surface area (Å²) in [5.41, 5.74) is -0.128. The van der Waals surface area contributed by atoms with Crippen LogP contribution in [-0.4, -0.2) is 45.7 Å². The molecule has 1 aliphatic rings. The Bertz CT molecular complexity index is 1110. The van der Waals surface area contributed by atoms with Gasteiger partial charge in [0.05, 0.1) is 30.5 Å². The number of nitrogens with zero attached hydrogens (tertiary/aromatic N) is 5. The van der Waals surface area contributed by atoms with Crippen molar-refractivity contribution in [2.24, 2.45) is 7.05 Å². The second-order valence-corrected chi connectivity index (χ2v) is 9.08. The highest BCUT2D eigenvalue weighted by Crippen LogP contribution is 2.22. The van der Waals surface area contributed by atoms with Crippen molar-refractivity contribution in [2.75, 3.05) is 24.7 Å². The van der Waals surface area contributed by atoms with E-state index in [2.05, 4.69) is 6.07 Å². The Balaban J connectivity index is 1.92. The fourth-order valence-corrected chi connectivity index (χ4v) is 3.77. The van der Waals surface area contributed by atoms with Gasteiger partial charge in [-0.05, 0) is 45.2 Å². The van der Waals surface area contributed by atoms with Crippen molar-refractivity contribution in [1.82, 2.24) is 14.2 Å². The van der Waals surface area contributed by atoms with E-state index in [1.807, 2.05) is 31.7 Å². The van der Waals surface area contributed by atoms with E-state index in [1.165, 1.54) is 17.7 Å². The van der Waals surface area contributed by atoms with Crippen molar-refractivity contribution < 1.29 is 4.74 Å². The van der Waals surface area contributed by atoms with E-state index in [4.69, 9.17) is 4.74 Å². The van der Waals surface area contributed by atoms with Crippen LogP contribution in [0.2, 0.25) is 0 Å². The van der Waals surface area contributed by atoms with E-state index in [0.717, 1.165) is 16.1 Å². The van der Waals surface area contributed by atoms with Crippen molar-refractivity contribution >= 4 is 5.82 Å². The summed E-state index contributed by atoms with van der Waals surface area (Å²) in [6.07, 6.45) is 1.46. The maximum absolute atomic E-state index is 13.0. The van der Waals surface area contributed by atoms with Crippen LogP contribution in [-0.2, 0) is 18.3 Å². The van der Waals surface area contributed by atoms with Crippen molar-refractivity contribution in [2.45, 2.75) is 51.8 Å². The molecule has 0 spiro atoms. The van der Waals surface area contributed by atoms with Crippen molar-refractivity contribution in [1.29, 1.82) is 5.26 Å². The second kappa shape index (κ2) is 9.69. The molecule has 1 aliphatic heterocycles. The molecule has 32 heavy (non-hydrogen) atoms. The van der Waals surface area contributed by atoms with E-state index in [0.29, 0.717) is 36.5 Å². The minimum Gasteiger partial charge on any atom is -0.783 e. The molecule has 9 heteroatoms. The molecule has 0 aliphatic carbocycles. The van der Waals surface area contributed by atoms with Crippen LogP contribution >= 0.6 is 0 Å². The second-order valence-electron chi connectivity index (χ2n) is 9.08. The summed E-state index contributed by atoms with van der Waals surface area (Å²) in [5.74, 6) is 0.459. The van der Waals surface area contributed by atoms with Crippen LogP contribution < -0.4 is 16.1 Å². The van der Waals surface area contributed by atoms with E-state index >= 15 is 0 Å². The molecule has 0 N–H and O–H groups in total. The van der Waals surface area contributed by atoms with E-state index < -0.39 is 16.9 Å². The van der Waals surface area contributed by atoms with Gasteiger partial charge in [-0.1, -0.05) is 18.2 Å². The lowest BCUT2D eigenvalue weighted by Crippen LogP contribution is -2.50. The molecule has 172 valence electrons. The Hall–Kier alpha value is -2.93. The smallest absolute Gasteiger partial charge is 0.332 e. The number of hydrogen-bond donors (Lipinski definition) is 0. The van der Waals surface area contributed by atoms with Crippen LogP contribution in [0.1, 0.15) is 44.7 Å². The number of rotatable bonds is 6. The zero-order chi connectivity index (χ0) is 23.5. The number of ether oxygens (including phenoxy) is 1. The SMILES string of the molecule is Cn1c(=O)cc(N2CCC[C@@H](N([O-])COC(C)(C)C)C2)n(Cc2ccccc2C#N)c1=O. The van der Waals surface area contributed by atoms with Crippen molar-refractivity contribution in [3.8, 4) is 6.07 Å². The molecule has 0 radical (unpaired) electrons. The Morgan fingerprint density at radius 2 is 2.00 bits per heavy atom. The maximum Gasteiger partial charge on any atom is 0.332 e. The Morgan fingerprint density at radius 1 is 1.28 bits per heavy atom. The first-order chi connectivity index (χ1) is 15.1. The van der Waals surface area contributed by atoms with Gasteiger partial charge in [-0.3, -0.25) is 13.9 Å². The number of piperidine rings is 1. The average molecular weight is 441 g/mol. The maximum atomic E-state index is 13.0. The molecule has 0 unspecified atom stereocenters. The van der Waals surface area contributed by atoms with Gasteiger partial charge in [-0.25, -0.2) is 4.79 Å². The zero-order valence-electron chi connectivity index (χ0n) is 19.1. The van der Waals surface area contributed by atoms with E-state index in [9.17, 15) is 20.1 Å². The Morgan fingerprint density at radius 3 is 2.69 bits per heavy atom. The number of benzene rings is 1. The van der Waals surface area contributed by atoms with Crippen LogP contribution in [0.4, 0.5) is 5.82 Å². The fourth-order valence-electron chi connectivity index (χ4n) is 3.77. The van der Waals surface area contributed by atoms with Gasteiger partial charge in [0.1, 0.15) is 5.82 Å². The molecule has 1 aromatic heterocycles. The summed E-state index contributed by atoms with van der Waals surface area (Å²) in [5, 5.41) is 23.0. The predicted molar refractivity (Wildman–Crippen MR) is 122 cm³/mol. The lowest BCUT2D eigenvalue weighted by Gasteiger charge is -2.44. The molecule has 1 saturated heterocycles. The summed E-state index contributed by atoms with van der Waals surface area (Å²) < 4.78 is 8.18. The van der Waals surface area contributed by atoms with Crippen LogP contribution in [0, 0.1) is 16.5 Å². The van der Waals surface area contributed by atoms with E-state index in [-0.39, 0.29) is 19.3 Å². The number of hydroxylamine groups is 2. The standard InChI is InChI=1S/C23H30N5O4/c1-23(2,3)32-16-28(31)19-10-7-11-26(15-19)20-12-21(29)25(4)22(30)27(20)14-18-9-6-5-8-17(18)13-24/h5-6,8-9,12,19H,7,10-11,14-16H2,1-4H3/q-1/t19-/m1/s1. The molecular formula is C23H30N5O4-. The van der Waals surface area contributed by atoms with Gasteiger partial charge in [0.15, 0.2) is 0 Å². The van der Waals surface area contributed by atoms with Gasteiger partial charge in [0.25, 0.3) is 5.56 Å². The minimum absolute atomic E-state index is 0.0408. The van der Waals surface area contributed by atoms with Crippen LogP contribution in [0.5, 0.6) is 0 Å². The fraction of sp³-hybridized carbons (Fsp3) is 0.522.